The number of hydrogen-bond acceptors (Lipinski definition) is 1. The van der Waals surface area contributed by atoms with Crippen LogP contribution in [0, 0.1) is 17.3 Å². The van der Waals surface area contributed by atoms with E-state index in [0.717, 1.165) is 12.8 Å². The maximum Gasteiger partial charge on any atom is 0.307 e. The summed E-state index contributed by atoms with van der Waals surface area (Å²) in [4.78, 5) is 11.3. The Balaban J connectivity index is 1.92. The summed E-state index contributed by atoms with van der Waals surface area (Å²) in [5.41, 5.74) is 2.78. The first-order valence-corrected chi connectivity index (χ1v) is 6.34. The summed E-state index contributed by atoms with van der Waals surface area (Å²) in [5, 5.41) is 9.27. The fraction of sp³-hybridized carbons (Fsp3) is 0.533. The third-order valence-electron chi connectivity index (χ3n) is 4.79. The Hall–Kier alpha value is -1.31. The van der Waals surface area contributed by atoms with Crippen molar-refractivity contribution in [2.45, 2.75) is 32.6 Å². The fourth-order valence-corrected chi connectivity index (χ4v) is 3.86. The molecule has 0 saturated heterocycles. The lowest BCUT2D eigenvalue weighted by Gasteiger charge is -2.12. The molecule has 2 nitrogen and oxygen atoms in total. The Morgan fingerprint density at radius 3 is 2.71 bits per heavy atom. The Kier molecular flexibility index (Phi) is 2.13. The molecule has 0 heterocycles. The minimum atomic E-state index is -0.621. The Bertz CT molecular complexity index is 476. The van der Waals surface area contributed by atoms with Gasteiger partial charge in [0.1, 0.15) is 0 Å². The zero-order valence-electron chi connectivity index (χ0n) is 10.3. The highest BCUT2D eigenvalue weighted by atomic mass is 16.4. The monoisotopic (exact) mass is 230 g/mol. The molecule has 0 spiro atoms. The van der Waals surface area contributed by atoms with Crippen molar-refractivity contribution >= 4 is 5.97 Å². The van der Waals surface area contributed by atoms with Gasteiger partial charge in [0.25, 0.3) is 0 Å². The third kappa shape index (κ3) is 1.43. The molecule has 1 aromatic carbocycles. The van der Waals surface area contributed by atoms with E-state index in [-0.39, 0.29) is 11.3 Å². The second-order valence-electron chi connectivity index (χ2n) is 6.01. The first kappa shape index (κ1) is 10.8. The van der Waals surface area contributed by atoms with Crippen molar-refractivity contribution in [1.82, 2.24) is 0 Å². The van der Waals surface area contributed by atoms with Crippen LogP contribution in [0.5, 0.6) is 0 Å². The van der Waals surface area contributed by atoms with Gasteiger partial charge in [-0.2, -0.15) is 0 Å². The number of fused-ring (bicyclic) bond motifs is 1. The number of carbonyl (C=O) groups is 1. The highest BCUT2D eigenvalue weighted by Crippen LogP contribution is 2.66. The van der Waals surface area contributed by atoms with Crippen molar-refractivity contribution in [3.63, 3.8) is 0 Å². The second-order valence-corrected chi connectivity index (χ2v) is 6.01. The fourth-order valence-electron chi connectivity index (χ4n) is 3.86. The maximum atomic E-state index is 11.3. The van der Waals surface area contributed by atoms with E-state index < -0.39 is 5.97 Å². The number of aryl methyl sites for hydroxylation is 1. The first-order valence-electron chi connectivity index (χ1n) is 6.34. The molecule has 1 N–H and O–H groups in total. The van der Waals surface area contributed by atoms with Gasteiger partial charge in [0.05, 0.1) is 5.92 Å². The van der Waals surface area contributed by atoms with E-state index in [4.69, 9.17) is 0 Å². The lowest BCUT2D eigenvalue weighted by Crippen LogP contribution is -2.04. The van der Waals surface area contributed by atoms with Crippen LogP contribution < -0.4 is 0 Å². The molecule has 0 amide bonds. The quantitative estimate of drug-likeness (QED) is 0.847. The number of benzene rings is 1. The summed E-state index contributed by atoms with van der Waals surface area (Å²) in [5.74, 6) is 0.00832. The molecular formula is C15H18O2. The van der Waals surface area contributed by atoms with E-state index in [1.54, 1.807) is 0 Å². The lowest BCUT2D eigenvalue weighted by atomic mass is 9.91. The molecule has 0 radical (unpaired) electrons. The molecule has 17 heavy (non-hydrogen) atoms. The van der Waals surface area contributed by atoms with Crippen molar-refractivity contribution in [1.29, 1.82) is 0 Å². The van der Waals surface area contributed by atoms with Crippen molar-refractivity contribution in [2.24, 2.45) is 17.3 Å². The topological polar surface area (TPSA) is 37.3 Å². The van der Waals surface area contributed by atoms with Crippen molar-refractivity contribution in [2.75, 3.05) is 0 Å². The highest BCUT2D eigenvalue weighted by molar-refractivity contribution is 5.76. The molecule has 2 heteroatoms. The zero-order chi connectivity index (χ0) is 12.2. The first-order chi connectivity index (χ1) is 8.03. The van der Waals surface area contributed by atoms with E-state index in [1.807, 2.05) is 0 Å². The van der Waals surface area contributed by atoms with Crippen LogP contribution in [0.2, 0.25) is 0 Å². The Morgan fingerprint density at radius 2 is 2.06 bits per heavy atom. The van der Waals surface area contributed by atoms with Gasteiger partial charge in [0.15, 0.2) is 0 Å². The minimum Gasteiger partial charge on any atom is -0.481 e. The van der Waals surface area contributed by atoms with Crippen LogP contribution in [-0.2, 0) is 11.2 Å². The molecule has 3 rings (SSSR count). The van der Waals surface area contributed by atoms with Crippen LogP contribution >= 0.6 is 0 Å². The number of rotatable bonds is 2. The van der Waals surface area contributed by atoms with E-state index >= 15 is 0 Å². The average molecular weight is 230 g/mol. The number of carboxylic acid groups (broad SMARTS) is 1. The van der Waals surface area contributed by atoms with Gasteiger partial charge < -0.3 is 5.11 Å². The standard InChI is InChI=1S/C15H18O2/c1-15(2)12(13(15)14(16)17)11-8-7-9-5-3-4-6-10(9)11/h3-6,11-13H,7-8H2,1-2H3,(H,16,17)/t11?,12-,13+/m1/s1. The van der Waals surface area contributed by atoms with E-state index in [0.29, 0.717) is 11.8 Å². The Morgan fingerprint density at radius 1 is 1.35 bits per heavy atom. The molecule has 1 unspecified atom stereocenters. The third-order valence-corrected chi connectivity index (χ3v) is 4.79. The Labute approximate surface area is 102 Å². The molecule has 2 aliphatic rings. The average Bonchev–Trinajstić information content (AvgIpc) is 2.68. The molecule has 1 fully saturated rings. The van der Waals surface area contributed by atoms with Crippen molar-refractivity contribution in [3.05, 3.63) is 35.4 Å². The number of aliphatic carboxylic acids is 1. The summed E-state index contributed by atoms with van der Waals surface area (Å²) < 4.78 is 0. The van der Waals surface area contributed by atoms with Gasteiger partial charge in [0.2, 0.25) is 0 Å². The van der Waals surface area contributed by atoms with Gasteiger partial charge in [-0.05, 0) is 41.2 Å². The zero-order valence-corrected chi connectivity index (χ0v) is 10.3. The molecular weight excluding hydrogens is 212 g/mol. The van der Waals surface area contributed by atoms with E-state index in [2.05, 4.69) is 38.1 Å². The van der Waals surface area contributed by atoms with Gasteiger partial charge >= 0.3 is 5.97 Å². The molecule has 0 aliphatic heterocycles. The number of carboxylic acids is 1. The summed E-state index contributed by atoms with van der Waals surface area (Å²) >= 11 is 0. The van der Waals surface area contributed by atoms with Gasteiger partial charge in [-0.1, -0.05) is 38.1 Å². The maximum absolute atomic E-state index is 11.3. The molecule has 2 aliphatic carbocycles. The summed E-state index contributed by atoms with van der Waals surface area (Å²) in [7, 11) is 0. The molecule has 90 valence electrons. The molecule has 1 aromatic rings. The van der Waals surface area contributed by atoms with Crippen LogP contribution in [-0.4, -0.2) is 11.1 Å². The summed E-state index contributed by atoms with van der Waals surface area (Å²) in [6.45, 7) is 4.19. The van der Waals surface area contributed by atoms with Crippen LogP contribution in [0.15, 0.2) is 24.3 Å². The van der Waals surface area contributed by atoms with Gasteiger partial charge in [-0.3, -0.25) is 4.79 Å². The van der Waals surface area contributed by atoms with Crippen LogP contribution in [0.3, 0.4) is 0 Å². The molecule has 1 saturated carbocycles. The molecule has 0 aromatic heterocycles. The second kappa shape index (κ2) is 3.34. The lowest BCUT2D eigenvalue weighted by molar-refractivity contribution is -0.139. The number of hydrogen-bond donors (Lipinski definition) is 1. The predicted octanol–water partition coefficient (Wildman–Crippen LogP) is 3.07. The van der Waals surface area contributed by atoms with Crippen LogP contribution in [0.25, 0.3) is 0 Å². The minimum absolute atomic E-state index is 0.0338. The van der Waals surface area contributed by atoms with Crippen LogP contribution in [0.1, 0.15) is 37.3 Å². The largest absolute Gasteiger partial charge is 0.481 e. The van der Waals surface area contributed by atoms with Crippen molar-refractivity contribution < 1.29 is 9.90 Å². The SMILES string of the molecule is CC1(C)[C@H](C(=O)O)[C@H]1C1CCc2ccccc21. The van der Waals surface area contributed by atoms with Gasteiger partial charge in [-0.15, -0.1) is 0 Å². The summed E-state index contributed by atoms with van der Waals surface area (Å²) in [6.07, 6.45) is 2.23. The predicted molar refractivity (Wildman–Crippen MR) is 65.9 cm³/mol. The van der Waals surface area contributed by atoms with Gasteiger partial charge in [0, 0.05) is 0 Å². The van der Waals surface area contributed by atoms with Gasteiger partial charge in [-0.25, -0.2) is 0 Å². The van der Waals surface area contributed by atoms with E-state index in [9.17, 15) is 9.90 Å². The summed E-state index contributed by atoms with van der Waals surface area (Å²) in [6, 6.07) is 8.51. The van der Waals surface area contributed by atoms with Crippen LogP contribution in [0.4, 0.5) is 0 Å². The highest BCUT2D eigenvalue weighted by Gasteiger charge is 2.65. The van der Waals surface area contributed by atoms with Crippen molar-refractivity contribution in [3.8, 4) is 0 Å². The van der Waals surface area contributed by atoms with E-state index in [1.165, 1.54) is 11.1 Å². The smallest absolute Gasteiger partial charge is 0.307 e. The normalized spacial score (nSPS) is 33.2. The molecule has 3 atom stereocenters. The molecule has 0 bridgehead atoms.